The van der Waals surface area contributed by atoms with Gasteiger partial charge in [-0.15, -0.1) is 11.6 Å². The van der Waals surface area contributed by atoms with E-state index in [4.69, 9.17) is 11.6 Å². The minimum atomic E-state index is -0.262. The SMILES string of the molecule is O=C(NC1CC1)C1(CCCl)CC2(C=CC3(C=CCC=C3)C=C2)C1. The fourth-order valence-corrected chi connectivity index (χ4v) is 4.64. The maximum atomic E-state index is 12.7. The molecule has 122 valence electrons. The summed E-state index contributed by atoms with van der Waals surface area (Å²) in [7, 11) is 0. The third-order valence-corrected chi connectivity index (χ3v) is 5.98. The smallest absolute Gasteiger partial charge is 0.226 e. The number of hydrogen-bond donors (Lipinski definition) is 1. The molecule has 4 rings (SSSR count). The molecule has 3 heteroatoms. The molecule has 4 aliphatic carbocycles. The fraction of sp³-hybridized carbons (Fsp3) is 0.550. The van der Waals surface area contributed by atoms with E-state index in [9.17, 15) is 4.79 Å². The van der Waals surface area contributed by atoms with Crippen molar-refractivity contribution in [3.8, 4) is 0 Å². The minimum Gasteiger partial charge on any atom is -0.353 e. The van der Waals surface area contributed by atoms with Crippen molar-refractivity contribution < 1.29 is 4.79 Å². The monoisotopic (exact) mass is 329 g/mol. The summed E-state index contributed by atoms with van der Waals surface area (Å²) in [5, 5.41) is 3.19. The van der Waals surface area contributed by atoms with Crippen molar-refractivity contribution in [1.29, 1.82) is 0 Å². The number of halogens is 1. The third kappa shape index (κ3) is 2.71. The van der Waals surface area contributed by atoms with Crippen LogP contribution in [0.5, 0.6) is 0 Å². The normalized spacial score (nSPS) is 28.0. The highest BCUT2D eigenvalue weighted by Crippen LogP contribution is 2.60. The number of nitrogens with one attached hydrogen (secondary N) is 1. The van der Waals surface area contributed by atoms with Crippen LogP contribution in [0, 0.1) is 16.2 Å². The van der Waals surface area contributed by atoms with Gasteiger partial charge in [0.1, 0.15) is 0 Å². The van der Waals surface area contributed by atoms with Gasteiger partial charge in [-0.2, -0.15) is 0 Å². The van der Waals surface area contributed by atoms with Gasteiger partial charge in [-0.3, -0.25) is 4.79 Å². The summed E-state index contributed by atoms with van der Waals surface area (Å²) in [6.07, 6.45) is 24.0. The van der Waals surface area contributed by atoms with Crippen molar-refractivity contribution in [2.45, 2.75) is 44.6 Å². The van der Waals surface area contributed by atoms with Crippen LogP contribution in [0.15, 0.2) is 48.6 Å². The van der Waals surface area contributed by atoms with E-state index in [-0.39, 0.29) is 22.2 Å². The average Bonchev–Trinajstić information content (AvgIpc) is 3.33. The Balaban J connectivity index is 1.48. The van der Waals surface area contributed by atoms with Crippen molar-refractivity contribution in [1.82, 2.24) is 5.32 Å². The van der Waals surface area contributed by atoms with E-state index in [1.165, 1.54) is 0 Å². The first kappa shape index (κ1) is 15.3. The quantitative estimate of drug-likeness (QED) is 0.605. The van der Waals surface area contributed by atoms with Crippen LogP contribution in [-0.2, 0) is 4.79 Å². The van der Waals surface area contributed by atoms with Gasteiger partial charge in [0.15, 0.2) is 0 Å². The topological polar surface area (TPSA) is 29.1 Å². The van der Waals surface area contributed by atoms with E-state index < -0.39 is 0 Å². The minimum absolute atomic E-state index is 0.0372. The summed E-state index contributed by atoms with van der Waals surface area (Å²) in [5.41, 5.74) is -0.246. The van der Waals surface area contributed by atoms with Gasteiger partial charge in [0.05, 0.1) is 5.41 Å². The van der Waals surface area contributed by atoms with Crippen molar-refractivity contribution >= 4 is 17.5 Å². The second-order valence-electron chi connectivity index (χ2n) is 7.76. The summed E-state index contributed by atoms with van der Waals surface area (Å²) in [6.45, 7) is 0. The molecule has 0 bridgehead atoms. The second-order valence-corrected chi connectivity index (χ2v) is 8.14. The molecule has 1 N–H and O–H groups in total. The van der Waals surface area contributed by atoms with Crippen LogP contribution in [0.4, 0.5) is 0 Å². The number of carbonyl (C=O) groups excluding carboxylic acids is 1. The zero-order valence-electron chi connectivity index (χ0n) is 13.4. The molecule has 0 radical (unpaired) electrons. The predicted molar refractivity (Wildman–Crippen MR) is 94.2 cm³/mol. The van der Waals surface area contributed by atoms with Crippen molar-refractivity contribution in [3.63, 3.8) is 0 Å². The van der Waals surface area contributed by atoms with E-state index >= 15 is 0 Å². The van der Waals surface area contributed by atoms with E-state index in [1.54, 1.807) is 0 Å². The first-order chi connectivity index (χ1) is 11.1. The standard InChI is InChI=1S/C20H24ClNO/c21-13-12-20(17(23)22-16-4-5-16)14-19(15-20)10-8-18(9-11-19)6-2-1-3-7-18/h2-3,6-11,16H,1,4-5,12-15H2,(H,22,23). The molecule has 2 fully saturated rings. The van der Waals surface area contributed by atoms with Crippen LogP contribution in [-0.4, -0.2) is 17.8 Å². The van der Waals surface area contributed by atoms with E-state index in [2.05, 4.69) is 53.9 Å². The molecule has 0 aromatic carbocycles. The Kier molecular flexibility index (Phi) is 3.57. The summed E-state index contributed by atoms with van der Waals surface area (Å²) >= 11 is 6.00. The van der Waals surface area contributed by atoms with Gasteiger partial charge in [0.25, 0.3) is 0 Å². The molecule has 0 aliphatic heterocycles. The average molecular weight is 330 g/mol. The van der Waals surface area contributed by atoms with Gasteiger partial charge in [0.2, 0.25) is 5.91 Å². The lowest BCUT2D eigenvalue weighted by Crippen LogP contribution is -2.55. The lowest BCUT2D eigenvalue weighted by molar-refractivity contribution is -0.141. The van der Waals surface area contributed by atoms with Gasteiger partial charge in [0, 0.05) is 22.8 Å². The van der Waals surface area contributed by atoms with Crippen LogP contribution >= 0.6 is 11.6 Å². The van der Waals surface area contributed by atoms with Crippen LogP contribution in [0.1, 0.15) is 38.5 Å². The van der Waals surface area contributed by atoms with Crippen LogP contribution < -0.4 is 5.32 Å². The molecular weight excluding hydrogens is 306 g/mol. The summed E-state index contributed by atoms with van der Waals surface area (Å²) in [4.78, 5) is 12.7. The Morgan fingerprint density at radius 3 is 2.26 bits per heavy atom. The number of hydrogen-bond acceptors (Lipinski definition) is 1. The molecule has 2 spiro atoms. The molecule has 0 heterocycles. The van der Waals surface area contributed by atoms with Crippen molar-refractivity contribution in [2.75, 3.05) is 5.88 Å². The molecule has 0 saturated heterocycles. The number of carbonyl (C=O) groups is 1. The van der Waals surface area contributed by atoms with Gasteiger partial charge in [-0.05, 0) is 38.5 Å². The Morgan fingerprint density at radius 2 is 1.70 bits per heavy atom. The molecule has 0 unspecified atom stereocenters. The van der Waals surface area contributed by atoms with Crippen LogP contribution in [0.2, 0.25) is 0 Å². The highest BCUT2D eigenvalue weighted by molar-refractivity contribution is 6.18. The second kappa shape index (κ2) is 5.37. The predicted octanol–water partition coefficient (Wildman–Crippen LogP) is 4.29. The first-order valence-corrected chi connectivity index (χ1v) is 9.26. The van der Waals surface area contributed by atoms with E-state index in [0.29, 0.717) is 11.9 Å². The van der Waals surface area contributed by atoms with Gasteiger partial charge < -0.3 is 5.32 Å². The third-order valence-electron chi connectivity index (χ3n) is 5.80. The maximum Gasteiger partial charge on any atom is 0.226 e. The highest BCUT2D eigenvalue weighted by atomic mass is 35.5. The molecular formula is C20H24ClNO. The zero-order chi connectivity index (χ0) is 16.0. The number of alkyl halides is 1. The van der Waals surface area contributed by atoms with Gasteiger partial charge in [-0.1, -0.05) is 48.6 Å². The first-order valence-electron chi connectivity index (χ1n) is 8.73. The van der Waals surface area contributed by atoms with Crippen LogP contribution in [0.25, 0.3) is 0 Å². The molecule has 1 amide bonds. The summed E-state index contributed by atoms with van der Waals surface area (Å²) in [6, 6.07) is 0.421. The molecule has 23 heavy (non-hydrogen) atoms. The molecule has 0 atom stereocenters. The largest absolute Gasteiger partial charge is 0.353 e. The maximum absolute atomic E-state index is 12.7. The zero-order valence-corrected chi connectivity index (χ0v) is 14.2. The number of rotatable bonds is 4. The van der Waals surface area contributed by atoms with E-state index in [1.807, 2.05) is 0 Å². The number of amides is 1. The summed E-state index contributed by atoms with van der Waals surface area (Å²) in [5.74, 6) is 0.780. The molecule has 0 aromatic heterocycles. The lowest BCUT2D eigenvalue weighted by Gasteiger charge is -2.54. The fourth-order valence-electron chi connectivity index (χ4n) is 4.27. The van der Waals surface area contributed by atoms with Crippen LogP contribution in [0.3, 0.4) is 0 Å². The highest BCUT2D eigenvalue weighted by Gasteiger charge is 2.57. The Bertz CT molecular complexity index is 588. The molecule has 2 nitrogen and oxygen atoms in total. The lowest BCUT2D eigenvalue weighted by atomic mass is 9.49. The van der Waals surface area contributed by atoms with Gasteiger partial charge >= 0.3 is 0 Å². The number of allylic oxidation sites excluding steroid dienone is 8. The summed E-state index contributed by atoms with van der Waals surface area (Å²) < 4.78 is 0. The molecule has 0 aromatic rings. The Hall–Kier alpha value is -1.28. The molecule has 4 aliphatic rings. The van der Waals surface area contributed by atoms with Crippen molar-refractivity contribution in [2.24, 2.45) is 16.2 Å². The van der Waals surface area contributed by atoms with E-state index in [0.717, 1.165) is 38.5 Å². The Morgan fingerprint density at radius 1 is 1.04 bits per heavy atom. The molecule has 2 saturated carbocycles. The Labute approximate surface area is 143 Å². The van der Waals surface area contributed by atoms with Gasteiger partial charge in [-0.25, -0.2) is 0 Å². The van der Waals surface area contributed by atoms with Crippen molar-refractivity contribution in [3.05, 3.63) is 48.6 Å².